The Balaban J connectivity index is 2.77. The van der Waals surface area contributed by atoms with Gasteiger partial charge in [-0.25, -0.2) is 0 Å². The molecule has 1 fully saturated rings. The summed E-state index contributed by atoms with van der Waals surface area (Å²) >= 11 is 0. The van der Waals surface area contributed by atoms with Crippen molar-refractivity contribution in [1.82, 2.24) is 5.32 Å². The number of esters is 1. The molecule has 0 aromatic rings. The lowest BCUT2D eigenvalue weighted by Gasteiger charge is -2.35. The van der Waals surface area contributed by atoms with Gasteiger partial charge >= 0.3 is 5.97 Å². The molecule has 1 saturated carbocycles. The fraction of sp³-hybridized carbons (Fsp3) is 0.938. The second kappa shape index (κ2) is 7.88. The van der Waals surface area contributed by atoms with Gasteiger partial charge in [0.25, 0.3) is 0 Å². The molecular formula is C16H31NO2. The van der Waals surface area contributed by atoms with Crippen molar-refractivity contribution in [3.8, 4) is 0 Å². The predicted molar refractivity (Wildman–Crippen MR) is 79.0 cm³/mol. The van der Waals surface area contributed by atoms with Gasteiger partial charge in [0.05, 0.1) is 7.11 Å². The van der Waals surface area contributed by atoms with Crippen molar-refractivity contribution in [3.63, 3.8) is 0 Å². The molecule has 1 unspecified atom stereocenters. The Morgan fingerprint density at radius 1 is 1.05 bits per heavy atom. The summed E-state index contributed by atoms with van der Waals surface area (Å²) < 4.78 is 5.03. The van der Waals surface area contributed by atoms with Crippen LogP contribution in [0, 0.1) is 17.8 Å². The summed E-state index contributed by atoms with van der Waals surface area (Å²) in [6.07, 6.45) is 6.27. The summed E-state index contributed by atoms with van der Waals surface area (Å²) in [6.45, 7) is 8.79. The first kappa shape index (κ1) is 16.5. The molecule has 0 aromatic heterocycles. The van der Waals surface area contributed by atoms with Crippen LogP contribution in [0.15, 0.2) is 0 Å². The van der Waals surface area contributed by atoms with E-state index in [0.717, 1.165) is 0 Å². The van der Waals surface area contributed by atoms with Gasteiger partial charge in [-0.15, -0.1) is 0 Å². The molecule has 19 heavy (non-hydrogen) atoms. The lowest BCUT2D eigenvalue weighted by molar-refractivity contribution is -0.146. The molecule has 0 saturated heterocycles. The van der Waals surface area contributed by atoms with Crippen molar-refractivity contribution in [3.05, 3.63) is 0 Å². The highest BCUT2D eigenvalue weighted by Gasteiger charge is 2.35. The lowest BCUT2D eigenvalue weighted by atomic mass is 9.79. The number of methoxy groups -OCH3 is 1. The van der Waals surface area contributed by atoms with Crippen LogP contribution in [-0.4, -0.2) is 25.2 Å². The zero-order valence-corrected chi connectivity index (χ0v) is 13.2. The minimum atomic E-state index is -0.159. The third-order valence-corrected chi connectivity index (χ3v) is 4.40. The Morgan fingerprint density at radius 2 is 1.58 bits per heavy atom. The summed E-state index contributed by atoms with van der Waals surface area (Å²) in [4.78, 5) is 12.2. The van der Waals surface area contributed by atoms with Gasteiger partial charge in [0.15, 0.2) is 0 Å². The van der Waals surface area contributed by atoms with Crippen molar-refractivity contribution >= 4 is 5.97 Å². The maximum atomic E-state index is 12.2. The van der Waals surface area contributed by atoms with Crippen LogP contribution in [0.3, 0.4) is 0 Å². The van der Waals surface area contributed by atoms with Gasteiger partial charge < -0.3 is 10.1 Å². The maximum Gasteiger partial charge on any atom is 0.323 e. The van der Waals surface area contributed by atoms with Crippen LogP contribution in [0.4, 0.5) is 0 Å². The van der Waals surface area contributed by atoms with E-state index in [0.29, 0.717) is 23.8 Å². The van der Waals surface area contributed by atoms with Crippen LogP contribution in [0.1, 0.15) is 59.8 Å². The summed E-state index contributed by atoms with van der Waals surface area (Å²) in [7, 11) is 1.50. The third kappa shape index (κ3) is 4.79. The highest BCUT2D eigenvalue weighted by Crippen LogP contribution is 2.27. The van der Waals surface area contributed by atoms with Crippen LogP contribution < -0.4 is 5.32 Å². The first-order valence-corrected chi connectivity index (χ1v) is 7.81. The minimum absolute atomic E-state index is 0.0991. The normalized spacial score (nSPS) is 19.2. The quantitative estimate of drug-likeness (QED) is 0.751. The zero-order chi connectivity index (χ0) is 14.4. The molecule has 0 heterocycles. The molecule has 3 nitrogen and oxygen atoms in total. The number of carbonyl (C=O) groups is 1. The van der Waals surface area contributed by atoms with E-state index in [1.54, 1.807) is 0 Å². The molecular weight excluding hydrogens is 238 g/mol. The fourth-order valence-electron chi connectivity index (χ4n) is 3.53. The number of rotatable bonds is 6. The lowest BCUT2D eigenvalue weighted by Crippen LogP contribution is -2.51. The molecule has 0 spiro atoms. The first-order valence-electron chi connectivity index (χ1n) is 7.81. The van der Waals surface area contributed by atoms with E-state index < -0.39 is 0 Å². The second-order valence-corrected chi connectivity index (χ2v) is 6.57. The van der Waals surface area contributed by atoms with Crippen LogP contribution >= 0.6 is 0 Å². The summed E-state index contributed by atoms with van der Waals surface area (Å²) in [5.74, 6) is 1.17. The fourth-order valence-corrected chi connectivity index (χ4v) is 3.53. The Hall–Kier alpha value is -0.570. The molecule has 0 aromatic carbocycles. The SMILES string of the molecule is COC(=O)C(NC1CCCCC1)C(C(C)C)C(C)C. The Labute approximate surface area is 118 Å². The van der Waals surface area contributed by atoms with Crippen LogP contribution in [0.5, 0.6) is 0 Å². The molecule has 0 aliphatic heterocycles. The van der Waals surface area contributed by atoms with Crippen molar-refractivity contribution in [2.24, 2.45) is 17.8 Å². The molecule has 0 bridgehead atoms. The monoisotopic (exact) mass is 269 g/mol. The van der Waals surface area contributed by atoms with E-state index in [9.17, 15) is 4.79 Å². The van der Waals surface area contributed by atoms with Gasteiger partial charge in [-0.1, -0.05) is 47.0 Å². The molecule has 1 N–H and O–H groups in total. The van der Waals surface area contributed by atoms with Crippen LogP contribution in [0.25, 0.3) is 0 Å². The van der Waals surface area contributed by atoms with Gasteiger partial charge in [-0.3, -0.25) is 4.79 Å². The molecule has 3 heteroatoms. The van der Waals surface area contributed by atoms with Gasteiger partial charge in [-0.05, 0) is 30.6 Å². The maximum absolute atomic E-state index is 12.2. The van der Waals surface area contributed by atoms with Crippen molar-refractivity contribution < 1.29 is 9.53 Å². The summed E-state index contributed by atoms with van der Waals surface area (Å²) in [6, 6.07) is 0.325. The van der Waals surface area contributed by atoms with Gasteiger partial charge in [0, 0.05) is 6.04 Å². The Bertz CT molecular complexity index is 262. The standard InChI is InChI=1S/C16H31NO2/c1-11(2)14(12(3)4)15(16(18)19-5)17-13-9-7-6-8-10-13/h11-15,17H,6-10H2,1-5H3. The van der Waals surface area contributed by atoms with E-state index in [1.807, 2.05) is 0 Å². The van der Waals surface area contributed by atoms with E-state index in [-0.39, 0.29) is 12.0 Å². The average molecular weight is 269 g/mol. The molecule has 0 amide bonds. The molecule has 1 rings (SSSR count). The number of hydrogen-bond donors (Lipinski definition) is 1. The minimum Gasteiger partial charge on any atom is -0.468 e. The van der Waals surface area contributed by atoms with E-state index >= 15 is 0 Å². The number of carbonyl (C=O) groups excluding carboxylic acids is 1. The third-order valence-electron chi connectivity index (χ3n) is 4.40. The largest absolute Gasteiger partial charge is 0.468 e. The predicted octanol–water partition coefficient (Wildman–Crippen LogP) is 3.38. The van der Waals surface area contributed by atoms with E-state index in [1.165, 1.54) is 39.2 Å². The number of hydrogen-bond acceptors (Lipinski definition) is 3. The zero-order valence-electron chi connectivity index (χ0n) is 13.2. The molecule has 1 atom stereocenters. The average Bonchev–Trinajstić information content (AvgIpc) is 2.37. The van der Waals surface area contributed by atoms with Gasteiger partial charge in [0.2, 0.25) is 0 Å². The summed E-state index contributed by atoms with van der Waals surface area (Å²) in [5, 5.41) is 3.59. The Kier molecular flexibility index (Phi) is 6.84. The van der Waals surface area contributed by atoms with Crippen molar-refractivity contribution in [2.75, 3.05) is 7.11 Å². The first-order chi connectivity index (χ1) is 8.97. The number of ether oxygens (including phenoxy) is 1. The van der Waals surface area contributed by atoms with Crippen LogP contribution in [-0.2, 0) is 9.53 Å². The second-order valence-electron chi connectivity index (χ2n) is 6.57. The van der Waals surface area contributed by atoms with Gasteiger partial charge in [0.1, 0.15) is 6.04 Å². The molecule has 1 aliphatic rings. The van der Waals surface area contributed by atoms with E-state index in [2.05, 4.69) is 33.0 Å². The molecule has 1 aliphatic carbocycles. The Morgan fingerprint density at radius 3 is 2.00 bits per heavy atom. The van der Waals surface area contributed by atoms with Crippen LogP contribution in [0.2, 0.25) is 0 Å². The topological polar surface area (TPSA) is 38.3 Å². The molecule has 0 radical (unpaired) electrons. The highest BCUT2D eigenvalue weighted by molar-refractivity contribution is 5.76. The smallest absolute Gasteiger partial charge is 0.323 e. The van der Waals surface area contributed by atoms with Crippen molar-refractivity contribution in [1.29, 1.82) is 0 Å². The highest BCUT2D eigenvalue weighted by atomic mass is 16.5. The van der Waals surface area contributed by atoms with Gasteiger partial charge in [-0.2, -0.15) is 0 Å². The van der Waals surface area contributed by atoms with E-state index in [4.69, 9.17) is 4.74 Å². The summed E-state index contributed by atoms with van der Waals surface area (Å²) in [5.41, 5.74) is 0. The molecule has 112 valence electrons. The number of nitrogens with one attached hydrogen (secondary N) is 1. The van der Waals surface area contributed by atoms with Crippen molar-refractivity contribution in [2.45, 2.75) is 71.9 Å².